The van der Waals surface area contributed by atoms with Gasteiger partial charge < -0.3 is 14.6 Å². The number of ether oxygens (including phenoxy) is 1. The van der Waals surface area contributed by atoms with Crippen LogP contribution in [0.2, 0.25) is 0 Å². The van der Waals surface area contributed by atoms with Crippen LogP contribution in [0.3, 0.4) is 0 Å². The lowest BCUT2D eigenvalue weighted by Gasteiger charge is -2.25. The highest BCUT2D eigenvalue weighted by molar-refractivity contribution is 7.18. The van der Waals surface area contributed by atoms with Crippen LogP contribution in [0.25, 0.3) is 21.6 Å². The Morgan fingerprint density at radius 2 is 2.36 bits per heavy atom. The topological polar surface area (TPSA) is 88.2 Å². The van der Waals surface area contributed by atoms with Crippen LogP contribution in [0.15, 0.2) is 29.3 Å². The third-order valence-corrected chi connectivity index (χ3v) is 5.31. The van der Waals surface area contributed by atoms with Crippen molar-refractivity contribution in [3.05, 3.63) is 45.3 Å². The first kappa shape index (κ1) is 15.8. The lowest BCUT2D eigenvalue weighted by Crippen LogP contribution is -2.35. The molecule has 0 radical (unpaired) electrons. The minimum atomic E-state index is -0.314. The summed E-state index contributed by atoms with van der Waals surface area (Å²) < 4.78 is 5.07. The second-order valence-corrected chi connectivity index (χ2v) is 6.82. The number of aromatic amines is 1. The maximum atomic E-state index is 12.6. The van der Waals surface area contributed by atoms with E-state index in [0.717, 1.165) is 20.8 Å². The molecule has 128 valence electrons. The van der Waals surface area contributed by atoms with Crippen molar-refractivity contribution in [2.24, 2.45) is 0 Å². The van der Waals surface area contributed by atoms with E-state index in [-0.39, 0.29) is 11.7 Å². The molecular formula is C17H16N4O3S. The number of fused-ring (bicyclic) bond motifs is 3. The van der Waals surface area contributed by atoms with Crippen molar-refractivity contribution in [3.63, 3.8) is 0 Å². The predicted octanol–water partition coefficient (Wildman–Crippen LogP) is 2.56. The summed E-state index contributed by atoms with van der Waals surface area (Å²) in [4.78, 5) is 39.5. The number of carbonyl (C=O) groups is 1. The number of pyridine rings is 1. The van der Waals surface area contributed by atoms with Crippen LogP contribution >= 0.6 is 11.3 Å². The van der Waals surface area contributed by atoms with E-state index in [1.165, 1.54) is 11.3 Å². The van der Waals surface area contributed by atoms with E-state index < -0.39 is 0 Å². The van der Waals surface area contributed by atoms with Crippen LogP contribution in [-0.4, -0.2) is 39.1 Å². The molecule has 0 aliphatic carbocycles. The Morgan fingerprint density at radius 3 is 3.12 bits per heavy atom. The molecule has 1 N–H and O–H groups in total. The molecule has 3 aromatic rings. The van der Waals surface area contributed by atoms with Gasteiger partial charge in [0.15, 0.2) is 0 Å². The van der Waals surface area contributed by atoms with E-state index in [1.807, 2.05) is 6.07 Å². The van der Waals surface area contributed by atoms with E-state index in [4.69, 9.17) is 4.74 Å². The first-order chi connectivity index (χ1) is 12.2. The summed E-state index contributed by atoms with van der Waals surface area (Å²) in [6, 6.07) is 3.66. The molecule has 0 aromatic carbocycles. The highest BCUT2D eigenvalue weighted by Crippen LogP contribution is 2.33. The zero-order valence-corrected chi connectivity index (χ0v) is 14.4. The molecule has 0 saturated heterocycles. The molecule has 4 heterocycles. The van der Waals surface area contributed by atoms with Crippen molar-refractivity contribution in [2.45, 2.75) is 19.9 Å². The number of aromatic nitrogens is 3. The second-order valence-electron chi connectivity index (χ2n) is 5.71. The van der Waals surface area contributed by atoms with Gasteiger partial charge in [-0.2, -0.15) is 4.98 Å². The van der Waals surface area contributed by atoms with Gasteiger partial charge in [-0.1, -0.05) is 0 Å². The summed E-state index contributed by atoms with van der Waals surface area (Å²) in [6.45, 7) is 3.15. The first-order valence-electron chi connectivity index (χ1n) is 8.04. The fraction of sp³-hybridized carbons (Fsp3) is 0.294. The number of nitrogens with zero attached hydrogens (tertiary/aromatic N) is 3. The number of carbonyl (C=O) groups excluding carboxylic acids is 1. The van der Waals surface area contributed by atoms with Crippen LogP contribution in [0, 0.1) is 0 Å². The number of nitrogens with one attached hydrogen (secondary N) is 1. The third-order valence-electron chi connectivity index (χ3n) is 4.18. The predicted molar refractivity (Wildman–Crippen MR) is 94.6 cm³/mol. The standard InChI is InChI=1S/C17H16N4O3S/c1-2-24-17(23)21-7-5-11-12(9-21)25-16-13(11)15(22)19-14(20-16)10-4-3-6-18-8-10/h3-4,6,8H,2,5,7,9H2,1H3,(H,19,20,22). The van der Waals surface area contributed by atoms with Gasteiger partial charge in [-0.3, -0.25) is 9.78 Å². The molecule has 0 bridgehead atoms. The number of hydrogen-bond acceptors (Lipinski definition) is 6. The van der Waals surface area contributed by atoms with Crippen molar-refractivity contribution in [2.75, 3.05) is 13.2 Å². The summed E-state index contributed by atoms with van der Waals surface area (Å²) in [5, 5.41) is 0.635. The maximum absolute atomic E-state index is 12.6. The molecule has 7 nitrogen and oxygen atoms in total. The molecule has 8 heteroatoms. The highest BCUT2D eigenvalue weighted by atomic mass is 32.1. The van der Waals surface area contributed by atoms with Gasteiger partial charge in [0.2, 0.25) is 0 Å². The van der Waals surface area contributed by atoms with Crippen molar-refractivity contribution >= 4 is 27.6 Å². The minimum Gasteiger partial charge on any atom is -0.450 e. The zero-order chi connectivity index (χ0) is 17.4. The van der Waals surface area contributed by atoms with Crippen molar-refractivity contribution in [3.8, 4) is 11.4 Å². The van der Waals surface area contributed by atoms with E-state index in [9.17, 15) is 9.59 Å². The van der Waals surface area contributed by atoms with E-state index >= 15 is 0 Å². The Hall–Kier alpha value is -2.74. The molecule has 3 aromatic heterocycles. The van der Waals surface area contributed by atoms with Crippen LogP contribution in [0.5, 0.6) is 0 Å². The summed E-state index contributed by atoms with van der Waals surface area (Å²) in [5.74, 6) is 0.506. The zero-order valence-electron chi connectivity index (χ0n) is 13.6. The first-order valence-corrected chi connectivity index (χ1v) is 8.85. The molecule has 0 spiro atoms. The summed E-state index contributed by atoms with van der Waals surface area (Å²) in [6.07, 6.45) is 3.66. The Kier molecular flexibility index (Phi) is 3.96. The Bertz CT molecular complexity index is 996. The molecule has 1 aliphatic heterocycles. The smallest absolute Gasteiger partial charge is 0.410 e. The Morgan fingerprint density at radius 1 is 1.48 bits per heavy atom. The number of H-pyrrole nitrogens is 1. The van der Waals surface area contributed by atoms with Gasteiger partial charge in [0, 0.05) is 29.4 Å². The maximum Gasteiger partial charge on any atom is 0.410 e. The summed E-state index contributed by atoms with van der Waals surface area (Å²) >= 11 is 1.50. The van der Waals surface area contributed by atoms with Gasteiger partial charge in [-0.15, -0.1) is 11.3 Å². The normalized spacial score (nSPS) is 13.7. The fourth-order valence-corrected chi connectivity index (χ4v) is 4.28. The van der Waals surface area contributed by atoms with E-state index in [2.05, 4.69) is 15.0 Å². The van der Waals surface area contributed by atoms with Crippen LogP contribution in [0.1, 0.15) is 17.4 Å². The largest absolute Gasteiger partial charge is 0.450 e. The van der Waals surface area contributed by atoms with Gasteiger partial charge in [-0.25, -0.2) is 4.79 Å². The third kappa shape index (κ3) is 2.78. The van der Waals surface area contributed by atoms with E-state index in [1.54, 1.807) is 30.3 Å². The molecule has 0 fully saturated rings. The molecule has 0 unspecified atom stereocenters. The van der Waals surface area contributed by atoms with Crippen LogP contribution < -0.4 is 5.56 Å². The van der Waals surface area contributed by atoms with Gasteiger partial charge in [-0.05, 0) is 31.0 Å². The Balaban J connectivity index is 1.76. The lowest BCUT2D eigenvalue weighted by molar-refractivity contribution is 0.103. The summed E-state index contributed by atoms with van der Waals surface area (Å²) in [5.41, 5.74) is 1.52. The number of thiophene rings is 1. The van der Waals surface area contributed by atoms with Crippen LogP contribution in [0.4, 0.5) is 4.79 Å². The van der Waals surface area contributed by atoms with Gasteiger partial charge >= 0.3 is 6.09 Å². The van der Waals surface area contributed by atoms with Crippen molar-refractivity contribution in [1.82, 2.24) is 19.9 Å². The van der Waals surface area contributed by atoms with Gasteiger partial charge in [0.05, 0.1) is 18.5 Å². The van der Waals surface area contributed by atoms with Crippen molar-refractivity contribution < 1.29 is 9.53 Å². The second kappa shape index (κ2) is 6.29. The van der Waals surface area contributed by atoms with Crippen LogP contribution in [-0.2, 0) is 17.7 Å². The lowest BCUT2D eigenvalue weighted by atomic mass is 10.1. The SMILES string of the molecule is CCOC(=O)N1CCc2c(sc3[nH]c(-c4cccnc4)nc(=O)c23)C1. The number of hydrogen-bond donors (Lipinski definition) is 1. The average Bonchev–Trinajstić information content (AvgIpc) is 3.00. The molecule has 0 saturated carbocycles. The molecule has 1 amide bonds. The minimum absolute atomic E-state index is 0.241. The molecule has 0 atom stereocenters. The quantitative estimate of drug-likeness (QED) is 0.762. The molecule has 1 aliphatic rings. The number of rotatable bonds is 2. The van der Waals surface area contributed by atoms with Crippen molar-refractivity contribution in [1.29, 1.82) is 0 Å². The molecule has 25 heavy (non-hydrogen) atoms. The van der Waals surface area contributed by atoms with E-state index in [0.29, 0.717) is 37.3 Å². The molecule has 4 rings (SSSR count). The average molecular weight is 356 g/mol. The summed E-state index contributed by atoms with van der Waals surface area (Å²) in [7, 11) is 0. The van der Waals surface area contributed by atoms with Gasteiger partial charge in [0.25, 0.3) is 5.56 Å². The number of amides is 1. The van der Waals surface area contributed by atoms with Gasteiger partial charge in [0.1, 0.15) is 10.7 Å². The fourth-order valence-electron chi connectivity index (χ4n) is 3.02. The monoisotopic (exact) mass is 356 g/mol. The highest BCUT2D eigenvalue weighted by Gasteiger charge is 2.26. The molecular weight excluding hydrogens is 340 g/mol. The Labute approximate surface area is 147 Å².